The Morgan fingerprint density at radius 2 is 2.16 bits per heavy atom. The lowest BCUT2D eigenvalue weighted by Gasteiger charge is -2.31. The predicted octanol–water partition coefficient (Wildman–Crippen LogP) is 0.647. The van der Waals surface area contributed by atoms with Gasteiger partial charge in [0.1, 0.15) is 6.61 Å². The lowest BCUT2D eigenvalue weighted by Crippen LogP contribution is -2.49. The molecule has 3 rings (SSSR count). The third kappa shape index (κ3) is 2.38. The second kappa shape index (κ2) is 5.09. The van der Waals surface area contributed by atoms with Crippen LogP contribution in [0.4, 0.5) is 0 Å². The van der Waals surface area contributed by atoms with Gasteiger partial charge in [-0.15, -0.1) is 0 Å². The first-order valence-electron chi connectivity index (χ1n) is 6.61. The van der Waals surface area contributed by atoms with Crippen molar-refractivity contribution in [3.8, 4) is 11.5 Å². The maximum atomic E-state index is 12.4. The molecule has 0 bridgehead atoms. The molecule has 0 spiro atoms. The van der Waals surface area contributed by atoms with E-state index in [4.69, 9.17) is 9.47 Å². The molecule has 102 valence electrons. The summed E-state index contributed by atoms with van der Waals surface area (Å²) in [6.07, 6.45) is 0.451. The molecule has 1 N–H and O–H groups in total. The first-order chi connectivity index (χ1) is 9.25. The van der Waals surface area contributed by atoms with Gasteiger partial charge in [-0.3, -0.25) is 4.79 Å². The van der Waals surface area contributed by atoms with E-state index in [9.17, 15) is 4.79 Å². The molecular formula is C14H18N2O3. The molecule has 1 aromatic rings. The summed E-state index contributed by atoms with van der Waals surface area (Å²) in [6, 6.07) is 7.70. The molecule has 0 aliphatic carbocycles. The van der Waals surface area contributed by atoms with Crippen molar-refractivity contribution in [3.63, 3.8) is 0 Å². The zero-order chi connectivity index (χ0) is 13.2. The molecular weight excluding hydrogens is 244 g/mol. The number of benzene rings is 1. The molecule has 1 amide bonds. The Bertz CT molecular complexity index is 472. The molecule has 0 radical (unpaired) electrons. The van der Waals surface area contributed by atoms with Crippen LogP contribution in [0.1, 0.15) is 6.42 Å². The Morgan fingerprint density at radius 3 is 2.89 bits per heavy atom. The molecule has 19 heavy (non-hydrogen) atoms. The molecule has 2 aliphatic rings. The summed E-state index contributed by atoms with van der Waals surface area (Å²) >= 11 is 0. The summed E-state index contributed by atoms with van der Waals surface area (Å²) in [7, 11) is 1.84. The van der Waals surface area contributed by atoms with Crippen LogP contribution >= 0.6 is 0 Å². The fraction of sp³-hybridized carbons (Fsp3) is 0.500. The first kappa shape index (κ1) is 12.3. The Balaban J connectivity index is 1.68. The van der Waals surface area contributed by atoms with Gasteiger partial charge in [0.05, 0.1) is 0 Å². The molecule has 1 saturated heterocycles. The number of hydrogen-bond donors (Lipinski definition) is 1. The summed E-state index contributed by atoms with van der Waals surface area (Å²) in [5.41, 5.74) is 0. The maximum Gasteiger partial charge on any atom is 0.267 e. The van der Waals surface area contributed by atoms with E-state index < -0.39 is 6.10 Å². The van der Waals surface area contributed by atoms with E-state index >= 15 is 0 Å². The lowest BCUT2D eigenvalue weighted by molar-refractivity contribution is -0.141. The smallest absolute Gasteiger partial charge is 0.267 e. The first-order valence-corrected chi connectivity index (χ1v) is 6.61. The number of ether oxygens (including phenoxy) is 2. The van der Waals surface area contributed by atoms with Gasteiger partial charge in [0.2, 0.25) is 6.10 Å². The van der Waals surface area contributed by atoms with Gasteiger partial charge in [-0.05, 0) is 25.1 Å². The number of amides is 1. The van der Waals surface area contributed by atoms with Crippen molar-refractivity contribution in [2.75, 3.05) is 26.7 Å². The van der Waals surface area contributed by atoms with Crippen molar-refractivity contribution in [2.24, 2.45) is 0 Å². The molecule has 2 atom stereocenters. The Hall–Kier alpha value is -1.75. The third-order valence-electron chi connectivity index (χ3n) is 3.71. The van der Waals surface area contributed by atoms with E-state index in [-0.39, 0.29) is 18.6 Å². The topological polar surface area (TPSA) is 50.8 Å². The fourth-order valence-electron chi connectivity index (χ4n) is 2.52. The van der Waals surface area contributed by atoms with Gasteiger partial charge in [-0.2, -0.15) is 0 Å². The van der Waals surface area contributed by atoms with Crippen LogP contribution in [0, 0.1) is 0 Å². The van der Waals surface area contributed by atoms with Crippen LogP contribution in [0.3, 0.4) is 0 Å². The fourth-order valence-corrected chi connectivity index (χ4v) is 2.52. The van der Waals surface area contributed by atoms with Crippen LogP contribution in [0.15, 0.2) is 24.3 Å². The van der Waals surface area contributed by atoms with Gasteiger partial charge in [-0.25, -0.2) is 0 Å². The molecule has 0 aromatic heterocycles. The number of carbonyl (C=O) groups is 1. The zero-order valence-corrected chi connectivity index (χ0v) is 11.0. The highest BCUT2D eigenvalue weighted by molar-refractivity contribution is 5.82. The Labute approximate surface area is 112 Å². The van der Waals surface area contributed by atoms with Crippen molar-refractivity contribution < 1.29 is 14.3 Å². The molecule has 2 heterocycles. The number of fused-ring (bicyclic) bond motifs is 1. The van der Waals surface area contributed by atoms with Crippen LogP contribution in [0.25, 0.3) is 0 Å². The maximum absolute atomic E-state index is 12.4. The highest BCUT2D eigenvalue weighted by atomic mass is 16.6. The molecule has 5 nitrogen and oxygen atoms in total. The summed E-state index contributed by atoms with van der Waals surface area (Å²) in [5.74, 6) is 1.34. The average Bonchev–Trinajstić information content (AvgIpc) is 2.99. The van der Waals surface area contributed by atoms with Crippen LogP contribution in [-0.2, 0) is 4.79 Å². The van der Waals surface area contributed by atoms with E-state index in [2.05, 4.69) is 5.32 Å². The van der Waals surface area contributed by atoms with E-state index in [1.165, 1.54) is 0 Å². The van der Waals surface area contributed by atoms with Crippen LogP contribution in [0.5, 0.6) is 11.5 Å². The van der Waals surface area contributed by atoms with Crippen molar-refractivity contribution in [1.29, 1.82) is 0 Å². The summed E-state index contributed by atoms with van der Waals surface area (Å²) in [6.45, 7) is 2.10. The number of nitrogens with zero attached hydrogens (tertiary/aromatic N) is 1. The van der Waals surface area contributed by atoms with Crippen molar-refractivity contribution in [1.82, 2.24) is 10.2 Å². The molecule has 0 saturated carbocycles. The van der Waals surface area contributed by atoms with Crippen LogP contribution < -0.4 is 14.8 Å². The average molecular weight is 262 g/mol. The van der Waals surface area contributed by atoms with Crippen molar-refractivity contribution >= 4 is 5.91 Å². The zero-order valence-electron chi connectivity index (χ0n) is 11.0. The predicted molar refractivity (Wildman–Crippen MR) is 70.4 cm³/mol. The quantitative estimate of drug-likeness (QED) is 0.850. The van der Waals surface area contributed by atoms with E-state index in [0.717, 1.165) is 19.5 Å². The van der Waals surface area contributed by atoms with Crippen molar-refractivity contribution in [3.05, 3.63) is 24.3 Å². The second-order valence-corrected chi connectivity index (χ2v) is 4.96. The summed E-state index contributed by atoms with van der Waals surface area (Å²) in [4.78, 5) is 14.2. The van der Waals surface area contributed by atoms with Crippen molar-refractivity contribution in [2.45, 2.75) is 18.6 Å². The third-order valence-corrected chi connectivity index (χ3v) is 3.71. The number of carbonyl (C=O) groups excluding carboxylic acids is 1. The van der Waals surface area contributed by atoms with Gasteiger partial charge < -0.3 is 19.7 Å². The number of nitrogens with one attached hydrogen (secondary N) is 1. The minimum Gasteiger partial charge on any atom is -0.485 e. The highest BCUT2D eigenvalue weighted by Gasteiger charge is 2.33. The van der Waals surface area contributed by atoms with Gasteiger partial charge in [-0.1, -0.05) is 12.1 Å². The van der Waals surface area contributed by atoms with Gasteiger partial charge >= 0.3 is 0 Å². The number of likely N-dealkylation sites (N-methyl/N-ethyl adjacent to an activating group) is 1. The molecule has 1 aromatic carbocycles. The number of hydrogen-bond acceptors (Lipinski definition) is 4. The monoisotopic (exact) mass is 262 g/mol. The van der Waals surface area contributed by atoms with Gasteiger partial charge in [0.25, 0.3) is 5.91 Å². The SMILES string of the molecule is CN(C(=O)C1COc2ccccc2O1)C1CCNC1. The summed E-state index contributed by atoms with van der Waals surface area (Å²) in [5, 5.41) is 3.26. The van der Waals surface area contributed by atoms with Crippen LogP contribution in [-0.4, -0.2) is 49.7 Å². The molecule has 2 aliphatic heterocycles. The summed E-state index contributed by atoms with van der Waals surface area (Å²) < 4.78 is 11.3. The normalized spacial score (nSPS) is 25.1. The standard InChI is InChI=1S/C14H18N2O3/c1-16(10-6-7-15-8-10)14(17)13-9-18-11-4-2-3-5-12(11)19-13/h2-5,10,13,15H,6-9H2,1H3. The minimum atomic E-state index is -0.541. The molecule has 5 heteroatoms. The second-order valence-electron chi connectivity index (χ2n) is 4.96. The lowest BCUT2D eigenvalue weighted by atomic mass is 10.2. The van der Waals surface area contributed by atoms with Gasteiger partial charge in [0, 0.05) is 19.6 Å². The van der Waals surface area contributed by atoms with E-state index in [1.54, 1.807) is 4.90 Å². The highest BCUT2D eigenvalue weighted by Crippen LogP contribution is 2.31. The largest absolute Gasteiger partial charge is 0.485 e. The van der Waals surface area contributed by atoms with E-state index in [0.29, 0.717) is 11.5 Å². The Morgan fingerprint density at radius 1 is 1.37 bits per heavy atom. The number of para-hydroxylation sites is 2. The Kier molecular flexibility index (Phi) is 3.29. The molecule has 1 fully saturated rings. The minimum absolute atomic E-state index is 0.0109. The van der Waals surface area contributed by atoms with E-state index in [1.807, 2.05) is 31.3 Å². The van der Waals surface area contributed by atoms with Crippen LogP contribution in [0.2, 0.25) is 0 Å². The molecule has 2 unspecified atom stereocenters. The number of rotatable bonds is 2. The van der Waals surface area contributed by atoms with Gasteiger partial charge in [0.15, 0.2) is 11.5 Å².